The van der Waals surface area contributed by atoms with Crippen molar-refractivity contribution in [3.05, 3.63) is 35.9 Å². The van der Waals surface area contributed by atoms with Crippen molar-refractivity contribution < 1.29 is 9.53 Å². The number of benzene rings is 1. The number of aryl methyl sites for hydroxylation is 1. The Morgan fingerprint density at radius 3 is 2.89 bits per heavy atom. The Hall–Kier alpha value is -1.18. The molecule has 0 bridgehead atoms. The van der Waals surface area contributed by atoms with Gasteiger partial charge in [-0.05, 0) is 37.8 Å². The minimum Gasteiger partial charge on any atom is -0.376 e. The smallest absolute Gasteiger partial charge is 0.241 e. The number of amides is 1. The van der Waals surface area contributed by atoms with E-state index in [0.717, 1.165) is 58.5 Å². The number of nitrogens with one attached hydrogen (secondary N) is 3. The number of rotatable bonds is 6. The fraction of sp³-hybridized carbons (Fsp3) is 0.650. The summed E-state index contributed by atoms with van der Waals surface area (Å²) in [5.74, 6) is 0.575. The zero-order valence-electron chi connectivity index (χ0n) is 15.7. The first-order valence-corrected chi connectivity index (χ1v) is 9.97. The van der Waals surface area contributed by atoms with E-state index in [1.54, 1.807) is 0 Å². The van der Waals surface area contributed by atoms with E-state index >= 15 is 0 Å². The molecule has 150 valence electrons. The second-order valence-corrected chi connectivity index (χ2v) is 7.68. The molecule has 3 saturated heterocycles. The van der Waals surface area contributed by atoms with Gasteiger partial charge in [0.15, 0.2) is 0 Å². The van der Waals surface area contributed by atoms with Crippen molar-refractivity contribution in [3.8, 4) is 0 Å². The van der Waals surface area contributed by atoms with Crippen LogP contribution in [0.3, 0.4) is 0 Å². The third-order valence-corrected chi connectivity index (χ3v) is 5.91. The normalized spacial score (nSPS) is 30.0. The summed E-state index contributed by atoms with van der Waals surface area (Å²) in [6.45, 7) is 4.24. The second kappa shape index (κ2) is 9.85. The number of piperidine rings is 1. The third-order valence-electron chi connectivity index (χ3n) is 5.91. The average molecular weight is 395 g/mol. The van der Waals surface area contributed by atoms with Gasteiger partial charge in [-0.25, -0.2) is 5.43 Å². The zero-order chi connectivity index (χ0) is 17.8. The summed E-state index contributed by atoms with van der Waals surface area (Å²) < 4.78 is 6.03. The molecule has 0 aromatic heterocycles. The Bertz CT molecular complexity index is 603. The molecule has 1 aromatic rings. The summed E-state index contributed by atoms with van der Waals surface area (Å²) in [6.07, 6.45) is 4.28. The Kier molecular flexibility index (Phi) is 7.49. The lowest BCUT2D eigenvalue weighted by Crippen LogP contribution is -2.50. The van der Waals surface area contributed by atoms with Crippen LogP contribution in [0.2, 0.25) is 0 Å². The lowest BCUT2D eigenvalue weighted by molar-refractivity contribution is -0.133. The molecule has 3 heterocycles. The van der Waals surface area contributed by atoms with Gasteiger partial charge < -0.3 is 15.0 Å². The van der Waals surface area contributed by atoms with Crippen molar-refractivity contribution in [2.24, 2.45) is 5.92 Å². The van der Waals surface area contributed by atoms with Crippen molar-refractivity contribution >= 4 is 18.3 Å². The number of hydrogen-bond donors (Lipinski definition) is 3. The quantitative estimate of drug-likeness (QED) is 0.631. The number of halogens is 1. The average Bonchev–Trinajstić information content (AvgIpc) is 3.33. The molecule has 3 N–H and O–H groups in total. The molecule has 4 rings (SSSR count). The van der Waals surface area contributed by atoms with E-state index in [4.69, 9.17) is 4.74 Å². The van der Waals surface area contributed by atoms with Gasteiger partial charge in [-0.3, -0.25) is 10.2 Å². The molecule has 27 heavy (non-hydrogen) atoms. The Morgan fingerprint density at radius 2 is 2.04 bits per heavy atom. The van der Waals surface area contributed by atoms with Crippen LogP contribution in [0.25, 0.3) is 0 Å². The van der Waals surface area contributed by atoms with E-state index in [2.05, 4.69) is 40.4 Å². The van der Waals surface area contributed by atoms with E-state index < -0.39 is 0 Å². The number of fused-ring (bicyclic) bond motifs is 1. The van der Waals surface area contributed by atoms with Crippen LogP contribution in [0.5, 0.6) is 0 Å². The van der Waals surface area contributed by atoms with Gasteiger partial charge in [0.1, 0.15) is 6.04 Å². The molecule has 4 unspecified atom stereocenters. The number of likely N-dealkylation sites (tertiary alicyclic amines) is 1. The van der Waals surface area contributed by atoms with Crippen LogP contribution in [-0.2, 0) is 16.0 Å². The minimum absolute atomic E-state index is 0. The fourth-order valence-electron chi connectivity index (χ4n) is 4.39. The molecule has 3 aliphatic rings. The van der Waals surface area contributed by atoms with E-state index in [-0.39, 0.29) is 30.5 Å². The summed E-state index contributed by atoms with van der Waals surface area (Å²) in [5, 5.41) is 3.41. The number of nitrogens with zero attached hydrogens (tertiary/aromatic N) is 1. The summed E-state index contributed by atoms with van der Waals surface area (Å²) in [7, 11) is 0. The Morgan fingerprint density at radius 1 is 1.19 bits per heavy atom. The topological polar surface area (TPSA) is 65.6 Å². The molecule has 0 radical (unpaired) electrons. The number of hydrogen-bond acceptors (Lipinski definition) is 5. The third kappa shape index (κ3) is 5.00. The van der Waals surface area contributed by atoms with Crippen molar-refractivity contribution in [2.75, 3.05) is 32.8 Å². The SMILES string of the molecule is Cl.O=C(C1NNC2CCNCC21)N1CCC(OCCCc2ccccc2)C1. The first-order chi connectivity index (χ1) is 12.8. The van der Waals surface area contributed by atoms with Crippen LogP contribution in [0.15, 0.2) is 30.3 Å². The minimum atomic E-state index is -0.107. The lowest BCUT2D eigenvalue weighted by Gasteiger charge is -2.29. The van der Waals surface area contributed by atoms with Gasteiger partial charge in [-0.15, -0.1) is 12.4 Å². The van der Waals surface area contributed by atoms with Crippen LogP contribution >= 0.6 is 12.4 Å². The van der Waals surface area contributed by atoms with Gasteiger partial charge in [-0.2, -0.15) is 0 Å². The number of hydrazine groups is 1. The van der Waals surface area contributed by atoms with Crippen molar-refractivity contribution in [1.82, 2.24) is 21.1 Å². The molecular weight excluding hydrogens is 364 g/mol. The van der Waals surface area contributed by atoms with E-state index in [0.29, 0.717) is 12.0 Å². The van der Waals surface area contributed by atoms with Crippen LogP contribution < -0.4 is 16.2 Å². The molecule has 3 fully saturated rings. The van der Waals surface area contributed by atoms with Gasteiger partial charge in [0.05, 0.1) is 6.10 Å². The first kappa shape index (κ1) is 20.6. The molecule has 0 spiro atoms. The predicted octanol–water partition coefficient (Wildman–Crippen LogP) is 1.11. The van der Waals surface area contributed by atoms with Crippen LogP contribution in [-0.4, -0.2) is 61.8 Å². The van der Waals surface area contributed by atoms with Crippen molar-refractivity contribution in [1.29, 1.82) is 0 Å². The molecule has 0 saturated carbocycles. The predicted molar refractivity (Wildman–Crippen MR) is 108 cm³/mol. The van der Waals surface area contributed by atoms with E-state index in [1.807, 2.05) is 11.0 Å². The molecule has 3 aliphatic heterocycles. The summed E-state index contributed by atoms with van der Waals surface area (Å²) in [5.41, 5.74) is 7.91. The first-order valence-electron chi connectivity index (χ1n) is 9.97. The largest absolute Gasteiger partial charge is 0.376 e. The monoisotopic (exact) mass is 394 g/mol. The Labute approximate surface area is 167 Å². The highest BCUT2D eigenvalue weighted by Crippen LogP contribution is 2.23. The van der Waals surface area contributed by atoms with Gasteiger partial charge >= 0.3 is 0 Å². The molecule has 0 aliphatic carbocycles. The highest BCUT2D eigenvalue weighted by molar-refractivity contribution is 5.85. The number of ether oxygens (including phenoxy) is 1. The maximum absolute atomic E-state index is 12.9. The summed E-state index contributed by atoms with van der Waals surface area (Å²) >= 11 is 0. The standard InChI is InChI=1S/C20H30N4O2.ClH/c25-20(19-17-13-21-10-8-18(17)22-23-19)24-11-9-16(14-24)26-12-4-7-15-5-2-1-3-6-15;/h1-3,5-6,16-19,21-23H,4,7-14H2;1H. The summed E-state index contributed by atoms with van der Waals surface area (Å²) in [6, 6.07) is 10.8. The highest BCUT2D eigenvalue weighted by atomic mass is 35.5. The van der Waals surface area contributed by atoms with E-state index in [9.17, 15) is 4.79 Å². The zero-order valence-corrected chi connectivity index (χ0v) is 16.5. The maximum Gasteiger partial charge on any atom is 0.241 e. The number of carbonyl (C=O) groups is 1. The van der Waals surface area contributed by atoms with Gasteiger partial charge in [0.2, 0.25) is 5.91 Å². The van der Waals surface area contributed by atoms with Gasteiger partial charge in [0, 0.05) is 38.2 Å². The maximum atomic E-state index is 12.9. The van der Waals surface area contributed by atoms with Crippen molar-refractivity contribution in [3.63, 3.8) is 0 Å². The molecule has 4 atom stereocenters. The molecular formula is C20H31ClN4O2. The van der Waals surface area contributed by atoms with Crippen molar-refractivity contribution in [2.45, 2.75) is 43.9 Å². The molecule has 6 nitrogen and oxygen atoms in total. The molecule has 7 heteroatoms. The Balaban J connectivity index is 0.00000210. The van der Waals surface area contributed by atoms with E-state index in [1.165, 1.54) is 5.56 Å². The van der Waals surface area contributed by atoms with Crippen LogP contribution in [0, 0.1) is 5.92 Å². The van der Waals surface area contributed by atoms with Gasteiger partial charge in [0.25, 0.3) is 0 Å². The second-order valence-electron chi connectivity index (χ2n) is 7.68. The molecule has 1 aromatic carbocycles. The van der Waals surface area contributed by atoms with Crippen LogP contribution in [0.4, 0.5) is 0 Å². The summed E-state index contributed by atoms with van der Waals surface area (Å²) in [4.78, 5) is 14.9. The lowest BCUT2D eigenvalue weighted by atomic mass is 9.89. The van der Waals surface area contributed by atoms with Crippen LogP contribution in [0.1, 0.15) is 24.8 Å². The molecule has 1 amide bonds. The van der Waals surface area contributed by atoms with Gasteiger partial charge in [-0.1, -0.05) is 30.3 Å². The fourth-order valence-corrected chi connectivity index (χ4v) is 4.39. The number of carbonyl (C=O) groups excluding carboxylic acids is 1. The highest BCUT2D eigenvalue weighted by Gasteiger charge is 2.43.